The molecule has 2 rings (SSSR count). The highest BCUT2D eigenvalue weighted by molar-refractivity contribution is 5.88. The Labute approximate surface area is 110 Å². The van der Waals surface area contributed by atoms with Gasteiger partial charge in [-0.05, 0) is 25.5 Å². The van der Waals surface area contributed by atoms with Gasteiger partial charge in [0.1, 0.15) is 5.56 Å². The van der Waals surface area contributed by atoms with Gasteiger partial charge in [0.15, 0.2) is 0 Å². The third kappa shape index (κ3) is 2.40. The van der Waals surface area contributed by atoms with E-state index in [4.69, 9.17) is 5.11 Å². The second-order valence-corrected chi connectivity index (χ2v) is 4.50. The zero-order valence-electron chi connectivity index (χ0n) is 11.0. The normalized spacial score (nSPS) is 10.5. The van der Waals surface area contributed by atoms with E-state index in [1.165, 1.54) is 13.1 Å². The maximum atomic E-state index is 11.7. The van der Waals surface area contributed by atoms with Gasteiger partial charge in [-0.3, -0.25) is 4.79 Å². The summed E-state index contributed by atoms with van der Waals surface area (Å²) in [5.74, 6) is -1.24. The van der Waals surface area contributed by atoms with E-state index in [-0.39, 0.29) is 5.56 Å². The van der Waals surface area contributed by atoms with Gasteiger partial charge in [-0.15, -0.1) is 0 Å². The van der Waals surface area contributed by atoms with E-state index in [0.717, 1.165) is 21.4 Å². The van der Waals surface area contributed by atoms with Crippen molar-refractivity contribution < 1.29 is 9.90 Å². The second kappa shape index (κ2) is 4.68. The summed E-state index contributed by atoms with van der Waals surface area (Å²) in [6.45, 7) is 3.91. The van der Waals surface area contributed by atoms with E-state index in [1.54, 1.807) is 0 Å². The molecule has 0 aliphatic heterocycles. The van der Waals surface area contributed by atoms with Gasteiger partial charge < -0.3 is 5.11 Å². The highest BCUT2D eigenvalue weighted by Gasteiger charge is 2.14. The Hall–Kier alpha value is -2.43. The zero-order chi connectivity index (χ0) is 14.2. The molecule has 0 bridgehead atoms. The number of aromatic nitrogens is 2. The molecule has 1 heterocycles. The lowest BCUT2D eigenvalue weighted by molar-refractivity contribution is 0.0694. The standard InChI is InChI=1S/C14H14N2O3/c1-8-4-5-10(9(2)6-8)12-7-11(14(18)19)13(17)16(3)15-12/h4-7H,1-3H3,(H,18,19). The van der Waals surface area contributed by atoms with Gasteiger partial charge in [0.05, 0.1) is 5.69 Å². The predicted molar refractivity (Wildman–Crippen MR) is 71.3 cm³/mol. The van der Waals surface area contributed by atoms with Crippen LogP contribution in [0.5, 0.6) is 0 Å². The van der Waals surface area contributed by atoms with Crippen LogP contribution in [0.25, 0.3) is 11.3 Å². The molecule has 0 aliphatic rings. The van der Waals surface area contributed by atoms with Crippen LogP contribution in [0.1, 0.15) is 21.5 Å². The summed E-state index contributed by atoms with van der Waals surface area (Å²) in [6, 6.07) is 7.11. The van der Waals surface area contributed by atoms with Crippen LogP contribution in [0.3, 0.4) is 0 Å². The summed E-state index contributed by atoms with van der Waals surface area (Å²) in [5, 5.41) is 13.2. The van der Waals surface area contributed by atoms with E-state index < -0.39 is 11.5 Å². The second-order valence-electron chi connectivity index (χ2n) is 4.50. The molecule has 5 nitrogen and oxygen atoms in total. The van der Waals surface area contributed by atoms with Crippen LogP contribution in [-0.4, -0.2) is 20.9 Å². The molecule has 2 aromatic rings. The molecule has 0 fully saturated rings. The van der Waals surface area contributed by atoms with Crippen molar-refractivity contribution in [2.75, 3.05) is 0 Å². The molecular formula is C14H14N2O3. The Morgan fingerprint density at radius 3 is 2.53 bits per heavy atom. The first kappa shape index (κ1) is 13.0. The number of hydrogen-bond acceptors (Lipinski definition) is 3. The van der Waals surface area contributed by atoms with Gasteiger partial charge in [-0.25, -0.2) is 9.48 Å². The monoisotopic (exact) mass is 258 g/mol. The molecule has 0 unspecified atom stereocenters. The molecule has 0 spiro atoms. The Morgan fingerprint density at radius 2 is 1.95 bits per heavy atom. The molecule has 1 N–H and O–H groups in total. The molecule has 0 atom stereocenters. The minimum absolute atomic E-state index is 0.271. The summed E-state index contributed by atoms with van der Waals surface area (Å²) in [6.07, 6.45) is 0. The SMILES string of the molecule is Cc1ccc(-c2cc(C(=O)O)c(=O)n(C)n2)c(C)c1. The van der Waals surface area contributed by atoms with E-state index in [2.05, 4.69) is 5.10 Å². The van der Waals surface area contributed by atoms with Crippen LogP contribution in [0.4, 0.5) is 0 Å². The van der Waals surface area contributed by atoms with Gasteiger partial charge in [0, 0.05) is 12.6 Å². The average Bonchev–Trinajstić information content (AvgIpc) is 2.32. The summed E-state index contributed by atoms with van der Waals surface area (Å²) in [5.41, 5.74) is 2.53. The van der Waals surface area contributed by atoms with E-state index in [1.807, 2.05) is 32.0 Å². The predicted octanol–water partition coefficient (Wildman–Crippen LogP) is 1.76. The Morgan fingerprint density at radius 1 is 1.26 bits per heavy atom. The number of carbonyl (C=O) groups is 1. The first-order chi connectivity index (χ1) is 8.90. The van der Waals surface area contributed by atoms with Crippen molar-refractivity contribution in [2.45, 2.75) is 13.8 Å². The summed E-state index contributed by atoms with van der Waals surface area (Å²) >= 11 is 0. The first-order valence-corrected chi connectivity index (χ1v) is 5.79. The van der Waals surface area contributed by atoms with Gasteiger partial charge in [0.2, 0.25) is 0 Å². The van der Waals surface area contributed by atoms with Crippen molar-refractivity contribution in [1.82, 2.24) is 9.78 Å². The third-order valence-electron chi connectivity index (χ3n) is 2.95. The Kier molecular flexibility index (Phi) is 3.21. The van der Waals surface area contributed by atoms with Crippen LogP contribution < -0.4 is 5.56 Å². The molecule has 0 saturated heterocycles. The molecule has 5 heteroatoms. The van der Waals surface area contributed by atoms with Crippen LogP contribution in [0, 0.1) is 13.8 Å². The number of aromatic carboxylic acids is 1. The molecule has 1 aromatic heterocycles. The van der Waals surface area contributed by atoms with Crippen molar-refractivity contribution in [2.24, 2.45) is 7.05 Å². The molecule has 0 saturated carbocycles. The Balaban J connectivity index is 2.70. The quantitative estimate of drug-likeness (QED) is 0.890. The molecule has 0 aliphatic carbocycles. The van der Waals surface area contributed by atoms with Crippen LogP contribution in [0.2, 0.25) is 0 Å². The maximum Gasteiger partial charge on any atom is 0.341 e. The largest absolute Gasteiger partial charge is 0.477 e. The number of carboxylic acid groups (broad SMARTS) is 1. The topological polar surface area (TPSA) is 72.2 Å². The molecular weight excluding hydrogens is 244 g/mol. The lowest BCUT2D eigenvalue weighted by atomic mass is 10.0. The lowest BCUT2D eigenvalue weighted by Crippen LogP contribution is -2.26. The number of carboxylic acids is 1. The highest BCUT2D eigenvalue weighted by atomic mass is 16.4. The molecule has 98 valence electrons. The molecule has 0 amide bonds. The fourth-order valence-electron chi connectivity index (χ4n) is 1.99. The van der Waals surface area contributed by atoms with Crippen LogP contribution in [0.15, 0.2) is 29.1 Å². The van der Waals surface area contributed by atoms with Crippen LogP contribution in [-0.2, 0) is 7.05 Å². The zero-order valence-corrected chi connectivity index (χ0v) is 11.0. The smallest absolute Gasteiger partial charge is 0.341 e. The first-order valence-electron chi connectivity index (χ1n) is 5.79. The summed E-state index contributed by atoms with van der Waals surface area (Å²) in [7, 11) is 1.45. The maximum absolute atomic E-state index is 11.7. The molecule has 0 radical (unpaired) electrons. The molecule has 1 aromatic carbocycles. The highest BCUT2D eigenvalue weighted by Crippen LogP contribution is 2.22. The third-order valence-corrected chi connectivity index (χ3v) is 2.95. The van der Waals surface area contributed by atoms with E-state index in [9.17, 15) is 9.59 Å². The summed E-state index contributed by atoms with van der Waals surface area (Å²) < 4.78 is 1.05. The van der Waals surface area contributed by atoms with Crippen molar-refractivity contribution in [3.8, 4) is 11.3 Å². The fourth-order valence-corrected chi connectivity index (χ4v) is 1.99. The van der Waals surface area contributed by atoms with Gasteiger partial charge in [-0.2, -0.15) is 5.10 Å². The summed E-state index contributed by atoms with van der Waals surface area (Å²) in [4.78, 5) is 22.7. The molecule has 19 heavy (non-hydrogen) atoms. The van der Waals surface area contributed by atoms with Gasteiger partial charge in [0.25, 0.3) is 5.56 Å². The van der Waals surface area contributed by atoms with E-state index in [0.29, 0.717) is 5.69 Å². The van der Waals surface area contributed by atoms with Gasteiger partial charge >= 0.3 is 5.97 Å². The van der Waals surface area contributed by atoms with Crippen molar-refractivity contribution >= 4 is 5.97 Å². The van der Waals surface area contributed by atoms with Gasteiger partial charge in [-0.1, -0.05) is 23.8 Å². The van der Waals surface area contributed by atoms with Crippen LogP contribution >= 0.6 is 0 Å². The number of benzene rings is 1. The lowest BCUT2D eigenvalue weighted by Gasteiger charge is -2.08. The minimum atomic E-state index is -1.24. The van der Waals surface area contributed by atoms with Crippen molar-refractivity contribution in [3.05, 3.63) is 51.3 Å². The number of rotatable bonds is 2. The fraction of sp³-hybridized carbons (Fsp3) is 0.214. The average molecular weight is 258 g/mol. The number of hydrogen-bond donors (Lipinski definition) is 1. The van der Waals surface area contributed by atoms with Crippen molar-refractivity contribution in [1.29, 1.82) is 0 Å². The number of nitrogens with zero attached hydrogens (tertiary/aromatic N) is 2. The van der Waals surface area contributed by atoms with E-state index >= 15 is 0 Å². The Bertz CT molecular complexity index is 717. The van der Waals surface area contributed by atoms with Crippen molar-refractivity contribution in [3.63, 3.8) is 0 Å². The minimum Gasteiger partial charge on any atom is -0.477 e. The number of aryl methyl sites for hydroxylation is 3.